The topological polar surface area (TPSA) is 32.7 Å². The first-order chi connectivity index (χ1) is 7.58. The fraction of sp³-hybridized carbons (Fsp3) is 0.846. The highest BCUT2D eigenvalue weighted by atomic mass is 16.5. The van der Waals surface area contributed by atoms with Crippen LogP contribution in [0.25, 0.3) is 0 Å². The van der Waals surface area contributed by atoms with Crippen LogP contribution in [0.15, 0.2) is 0 Å². The average Bonchev–Trinajstić information content (AvgIpc) is 2.27. The van der Waals surface area contributed by atoms with Crippen molar-refractivity contribution in [3.8, 4) is 12.3 Å². The van der Waals surface area contributed by atoms with E-state index in [4.69, 9.17) is 11.2 Å². The van der Waals surface area contributed by atoms with Crippen molar-refractivity contribution in [2.24, 2.45) is 0 Å². The zero-order valence-corrected chi connectivity index (χ0v) is 10.4. The van der Waals surface area contributed by atoms with E-state index >= 15 is 0 Å². The summed E-state index contributed by atoms with van der Waals surface area (Å²) in [6.45, 7) is 0.947. The number of hydrogen-bond acceptors (Lipinski definition) is 3. The second kappa shape index (κ2) is 6.24. The van der Waals surface area contributed by atoms with Crippen LogP contribution in [0.2, 0.25) is 0 Å². The summed E-state index contributed by atoms with van der Waals surface area (Å²) in [4.78, 5) is 1.94. The Morgan fingerprint density at radius 3 is 2.50 bits per heavy atom. The molecular weight excluding hydrogens is 202 g/mol. The molecule has 1 aliphatic carbocycles. The maximum atomic E-state index is 9.72. The number of nitrogens with zero attached hydrogens (tertiary/aromatic N) is 1. The molecule has 16 heavy (non-hydrogen) atoms. The highest BCUT2D eigenvalue weighted by Gasteiger charge is 2.31. The van der Waals surface area contributed by atoms with Crippen molar-refractivity contribution in [1.82, 2.24) is 4.90 Å². The summed E-state index contributed by atoms with van der Waals surface area (Å²) in [6.07, 6.45) is 10.5. The summed E-state index contributed by atoms with van der Waals surface area (Å²) >= 11 is 0. The highest BCUT2D eigenvalue weighted by Crippen LogP contribution is 2.31. The summed E-state index contributed by atoms with van der Waals surface area (Å²) in [5.41, 5.74) is -0.411. The molecule has 1 N–H and O–H groups in total. The third-order valence-corrected chi connectivity index (χ3v) is 3.05. The van der Waals surface area contributed by atoms with Gasteiger partial charge in [-0.05, 0) is 39.8 Å². The summed E-state index contributed by atoms with van der Waals surface area (Å²) < 4.78 is 5.77. The summed E-state index contributed by atoms with van der Waals surface area (Å²) in [5.74, 6) is 2.78. The first-order valence-electron chi connectivity index (χ1n) is 6.02. The number of likely N-dealkylation sites (N-methyl/N-ethyl adjacent to an activating group) is 1. The molecule has 3 heteroatoms. The number of aliphatic hydroxyl groups excluding tert-OH is 1. The third kappa shape index (κ3) is 4.13. The number of hydrogen-bond donors (Lipinski definition) is 1. The van der Waals surface area contributed by atoms with Gasteiger partial charge in [-0.1, -0.05) is 12.3 Å². The van der Waals surface area contributed by atoms with Gasteiger partial charge in [-0.15, -0.1) is 6.42 Å². The molecule has 1 atom stereocenters. The number of terminal acetylenes is 1. The Balaban J connectivity index is 2.36. The van der Waals surface area contributed by atoms with Gasteiger partial charge in [0.2, 0.25) is 0 Å². The average molecular weight is 225 g/mol. The van der Waals surface area contributed by atoms with Gasteiger partial charge < -0.3 is 14.7 Å². The molecular formula is C13H23NO2. The van der Waals surface area contributed by atoms with Crippen LogP contribution >= 0.6 is 0 Å². The van der Waals surface area contributed by atoms with E-state index in [0.717, 1.165) is 25.7 Å². The molecule has 0 aromatic carbocycles. The minimum atomic E-state index is -0.456. The van der Waals surface area contributed by atoms with Gasteiger partial charge in [0.05, 0.1) is 12.7 Å². The summed E-state index contributed by atoms with van der Waals surface area (Å²) in [7, 11) is 3.86. The van der Waals surface area contributed by atoms with Gasteiger partial charge in [0, 0.05) is 6.54 Å². The Morgan fingerprint density at radius 2 is 2.00 bits per heavy atom. The number of aliphatic hydroxyl groups is 1. The molecule has 1 saturated carbocycles. The molecule has 0 radical (unpaired) electrons. The quantitative estimate of drug-likeness (QED) is 0.715. The lowest BCUT2D eigenvalue weighted by Gasteiger charge is -2.33. The van der Waals surface area contributed by atoms with Crippen molar-refractivity contribution in [3.63, 3.8) is 0 Å². The maximum absolute atomic E-state index is 9.72. The van der Waals surface area contributed by atoms with E-state index in [1.54, 1.807) is 0 Å². The zero-order valence-electron chi connectivity index (χ0n) is 10.4. The molecule has 0 aromatic heterocycles. The van der Waals surface area contributed by atoms with E-state index in [-0.39, 0.29) is 0 Å². The van der Waals surface area contributed by atoms with Gasteiger partial charge >= 0.3 is 0 Å². The molecule has 0 unspecified atom stereocenters. The van der Waals surface area contributed by atoms with Gasteiger partial charge in [0.15, 0.2) is 0 Å². The lowest BCUT2D eigenvalue weighted by Crippen LogP contribution is -2.38. The standard InChI is InChI=1S/C13H23NO2/c1-4-13(8-6-5-7-9-13)16-11-12(15)10-14(2)3/h1,12,15H,5-11H2,2-3H3/t12-/m0/s1. The van der Waals surface area contributed by atoms with Crippen LogP contribution in [0.4, 0.5) is 0 Å². The van der Waals surface area contributed by atoms with Crippen molar-refractivity contribution < 1.29 is 9.84 Å². The first-order valence-corrected chi connectivity index (χ1v) is 6.02. The van der Waals surface area contributed by atoms with Crippen LogP contribution in [0.3, 0.4) is 0 Å². The second-order valence-electron chi connectivity index (χ2n) is 4.93. The Kier molecular flexibility index (Phi) is 5.27. The van der Waals surface area contributed by atoms with E-state index in [1.807, 2.05) is 19.0 Å². The molecule has 1 aliphatic rings. The van der Waals surface area contributed by atoms with E-state index in [9.17, 15) is 5.11 Å². The molecule has 1 rings (SSSR count). The van der Waals surface area contributed by atoms with Crippen LogP contribution in [0.1, 0.15) is 32.1 Å². The summed E-state index contributed by atoms with van der Waals surface area (Å²) in [6, 6.07) is 0. The smallest absolute Gasteiger partial charge is 0.128 e. The van der Waals surface area contributed by atoms with Crippen molar-refractivity contribution in [3.05, 3.63) is 0 Å². The molecule has 0 heterocycles. The van der Waals surface area contributed by atoms with Crippen LogP contribution in [-0.4, -0.2) is 49.0 Å². The fourth-order valence-corrected chi connectivity index (χ4v) is 2.18. The van der Waals surface area contributed by atoms with E-state index in [2.05, 4.69) is 5.92 Å². The lowest BCUT2D eigenvalue weighted by atomic mass is 9.85. The molecule has 0 saturated heterocycles. The minimum absolute atomic E-state index is 0.336. The normalized spacial score (nSPS) is 21.7. The Labute approximate surface area is 98.8 Å². The summed E-state index contributed by atoms with van der Waals surface area (Å²) in [5, 5.41) is 9.72. The molecule has 0 amide bonds. The maximum Gasteiger partial charge on any atom is 0.128 e. The van der Waals surface area contributed by atoms with Crippen molar-refractivity contribution in [1.29, 1.82) is 0 Å². The van der Waals surface area contributed by atoms with E-state index < -0.39 is 11.7 Å². The minimum Gasteiger partial charge on any atom is -0.389 e. The van der Waals surface area contributed by atoms with Crippen molar-refractivity contribution >= 4 is 0 Å². The molecule has 0 bridgehead atoms. The second-order valence-corrected chi connectivity index (χ2v) is 4.93. The molecule has 3 nitrogen and oxygen atoms in total. The Bertz CT molecular complexity index is 239. The monoisotopic (exact) mass is 225 g/mol. The molecule has 0 aliphatic heterocycles. The van der Waals surface area contributed by atoms with Crippen LogP contribution in [0.5, 0.6) is 0 Å². The molecule has 0 aromatic rings. The van der Waals surface area contributed by atoms with Crippen LogP contribution < -0.4 is 0 Å². The molecule has 0 spiro atoms. The predicted octanol–water partition coefficient (Wildman–Crippen LogP) is 1.26. The first kappa shape index (κ1) is 13.5. The predicted molar refractivity (Wildman–Crippen MR) is 65.2 cm³/mol. The largest absolute Gasteiger partial charge is 0.389 e. The van der Waals surface area contributed by atoms with E-state index in [1.165, 1.54) is 6.42 Å². The lowest BCUT2D eigenvalue weighted by molar-refractivity contribution is -0.0675. The number of rotatable bonds is 5. The molecule has 1 fully saturated rings. The van der Waals surface area contributed by atoms with Crippen LogP contribution in [0, 0.1) is 12.3 Å². The SMILES string of the molecule is C#CC1(OC[C@@H](O)CN(C)C)CCCCC1. The van der Waals surface area contributed by atoms with Crippen LogP contribution in [-0.2, 0) is 4.74 Å². The van der Waals surface area contributed by atoms with Gasteiger partial charge in [-0.25, -0.2) is 0 Å². The van der Waals surface area contributed by atoms with Gasteiger partial charge in [-0.2, -0.15) is 0 Å². The van der Waals surface area contributed by atoms with E-state index in [0.29, 0.717) is 13.2 Å². The third-order valence-electron chi connectivity index (χ3n) is 3.05. The Morgan fingerprint density at radius 1 is 1.38 bits per heavy atom. The van der Waals surface area contributed by atoms with Gasteiger partial charge in [0.25, 0.3) is 0 Å². The number of ether oxygens (including phenoxy) is 1. The fourth-order valence-electron chi connectivity index (χ4n) is 2.18. The van der Waals surface area contributed by atoms with Crippen molar-refractivity contribution in [2.45, 2.75) is 43.8 Å². The zero-order chi connectivity index (χ0) is 12.0. The highest BCUT2D eigenvalue weighted by molar-refractivity contribution is 5.09. The van der Waals surface area contributed by atoms with Gasteiger partial charge in [0.1, 0.15) is 5.60 Å². The molecule has 92 valence electrons. The Hall–Kier alpha value is -0.560. The van der Waals surface area contributed by atoms with Gasteiger partial charge in [-0.3, -0.25) is 0 Å². The van der Waals surface area contributed by atoms with Crippen molar-refractivity contribution in [2.75, 3.05) is 27.2 Å².